The highest BCUT2D eigenvalue weighted by atomic mass is 32.2. The number of sulfone groups is 1. The quantitative estimate of drug-likeness (QED) is 0.650. The highest BCUT2D eigenvalue weighted by Gasteiger charge is 2.50. The van der Waals surface area contributed by atoms with E-state index in [-0.39, 0.29) is 30.5 Å². The predicted molar refractivity (Wildman–Crippen MR) is 109 cm³/mol. The second-order valence-electron chi connectivity index (χ2n) is 7.13. The van der Waals surface area contributed by atoms with Crippen LogP contribution in [0.2, 0.25) is 0 Å². The minimum Gasteiger partial charge on any atom is -0.466 e. The van der Waals surface area contributed by atoms with Crippen LogP contribution in [-0.4, -0.2) is 43.6 Å². The summed E-state index contributed by atoms with van der Waals surface area (Å²) in [6.45, 7) is 3.95. The molecule has 1 aliphatic heterocycles. The van der Waals surface area contributed by atoms with Crippen molar-refractivity contribution in [2.75, 3.05) is 13.2 Å². The van der Waals surface area contributed by atoms with Crippen molar-refractivity contribution in [1.82, 2.24) is 4.90 Å². The first-order valence-corrected chi connectivity index (χ1v) is 11.2. The molecule has 0 spiro atoms. The second kappa shape index (κ2) is 8.78. The van der Waals surface area contributed by atoms with Crippen LogP contribution >= 0.6 is 0 Å². The van der Waals surface area contributed by atoms with Crippen molar-refractivity contribution >= 4 is 21.7 Å². The molecule has 154 valence electrons. The van der Waals surface area contributed by atoms with Crippen LogP contribution in [0.1, 0.15) is 31.9 Å². The number of esters is 1. The van der Waals surface area contributed by atoms with E-state index in [9.17, 15) is 18.0 Å². The molecule has 0 aliphatic carbocycles. The van der Waals surface area contributed by atoms with Crippen molar-refractivity contribution in [2.24, 2.45) is 5.92 Å². The van der Waals surface area contributed by atoms with Gasteiger partial charge in [0, 0.05) is 12.5 Å². The fourth-order valence-corrected chi connectivity index (χ4v) is 5.73. The van der Waals surface area contributed by atoms with Crippen molar-refractivity contribution < 1.29 is 22.7 Å². The Bertz CT molecular complexity index is 959. The van der Waals surface area contributed by atoms with Gasteiger partial charge in [0.1, 0.15) is 5.25 Å². The average Bonchev–Trinajstić information content (AvgIpc) is 3.05. The number of likely N-dealkylation sites (tertiary alicyclic amines) is 1. The van der Waals surface area contributed by atoms with Crippen molar-refractivity contribution in [1.29, 1.82) is 0 Å². The van der Waals surface area contributed by atoms with Crippen LogP contribution in [0.3, 0.4) is 0 Å². The smallest absolute Gasteiger partial charge is 0.306 e. The molecule has 0 bridgehead atoms. The van der Waals surface area contributed by atoms with Crippen LogP contribution in [0.25, 0.3) is 0 Å². The van der Waals surface area contributed by atoms with Crippen LogP contribution < -0.4 is 0 Å². The molecule has 0 N–H and O–H groups in total. The molecule has 0 aromatic heterocycles. The van der Waals surface area contributed by atoms with Crippen LogP contribution in [0, 0.1) is 5.92 Å². The number of benzene rings is 2. The van der Waals surface area contributed by atoms with E-state index in [4.69, 9.17) is 4.74 Å². The number of rotatable bonds is 7. The third kappa shape index (κ3) is 4.34. The molecule has 7 heteroatoms. The zero-order chi connectivity index (χ0) is 21.0. The maximum absolute atomic E-state index is 13.3. The minimum atomic E-state index is -3.95. The molecular weight excluding hydrogens is 390 g/mol. The topological polar surface area (TPSA) is 80.8 Å². The molecule has 0 radical (unpaired) electrons. The summed E-state index contributed by atoms with van der Waals surface area (Å²) in [5, 5.41) is -1.31. The highest BCUT2D eigenvalue weighted by molar-refractivity contribution is 7.92. The monoisotopic (exact) mass is 415 g/mol. The molecule has 1 aliphatic rings. The van der Waals surface area contributed by atoms with E-state index in [1.807, 2.05) is 37.3 Å². The van der Waals surface area contributed by atoms with Gasteiger partial charge >= 0.3 is 5.97 Å². The Labute approximate surface area is 171 Å². The van der Waals surface area contributed by atoms with Gasteiger partial charge in [0.2, 0.25) is 5.91 Å². The number of carbonyl (C=O) groups excluding carboxylic acids is 2. The summed E-state index contributed by atoms with van der Waals surface area (Å²) in [6.07, 6.45) is -0.117. The lowest BCUT2D eigenvalue weighted by Gasteiger charge is -2.25. The molecule has 0 saturated carbocycles. The summed E-state index contributed by atoms with van der Waals surface area (Å²) < 4.78 is 31.6. The van der Waals surface area contributed by atoms with Crippen molar-refractivity contribution in [3.05, 3.63) is 66.2 Å². The first kappa shape index (κ1) is 21.0. The normalized spacial score (nSPS) is 20.5. The lowest BCUT2D eigenvalue weighted by atomic mass is 10.0. The van der Waals surface area contributed by atoms with Gasteiger partial charge in [-0.3, -0.25) is 9.59 Å². The van der Waals surface area contributed by atoms with E-state index < -0.39 is 32.9 Å². The van der Waals surface area contributed by atoms with Gasteiger partial charge in [0.25, 0.3) is 0 Å². The summed E-state index contributed by atoms with van der Waals surface area (Å²) in [5.41, 5.74) is 0.911. The van der Waals surface area contributed by atoms with E-state index in [1.165, 1.54) is 12.1 Å². The molecule has 1 amide bonds. The van der Waals surface area contributed by atoms with Crippen LogP contribution in [0.4, 0.5) is 0 Å². The first-order chi connectivity index (χ1) is 13.9. The Morgan fingerprint density at radius 1 is 1.10 bits per heavy atom. The Hall–Kier alpha value is -2.67. The lowest BCUT2D eigenvalue weighted by Crippen LogP contribution is -2.37. The summed E-state index contributed by atoms with van der Waals surface area (Å²) >= 11 is 0. The largest absolute Gasteiger partial charge is 0.466 e. The molecule has 3 atom stereocenters. The van der Waals surface area contributed by atoms with Gasteiger partial charge < -0.3 is 9.64 Å². The summed E-state index contributed by atoms with van der Waals surface area (Å²) in [6, 6.07) is 17.1. The Kier molecular flexibility index (Phi) is 6.37. The molecule has 6 nitrogen and oxygen atoms in total. The van der Waals surface area contributed by atoms with Gasteiger partial charge in [-0.15, -0.1) is 0 Å². The second-order valence-corrected chi connectivity index (χ2v) is 9.19. The lowest BCUT2D eigenvalue weighted by molar-refractivity contribution is -0.144. The zero-order valence-electron chi connectivity index (χ0n) is 16.5. The summed E-state index contributed by atoms with van der Waals surface area (Å²) in [5.74, 6) is -1.63. The number of hydrogen-bond donors (Lipinski definition) is 0. The molecule has 1 heterocycles. The molecule has 1 saturated heterocycles. The van der Waals surface area contributed by atoms with Gasteiger partial charge in [-0.1, -0.05) is 48.5 Å². The molecule has 1 fully saturated rings. The number of ether oxygens (including phenoxy) is 1. The molecule has 0 unspecified atom stereocenters. The standard InChI is InChI=1S/C22H25NO5S/c1-3-28-20(24)14-18-15-23(16(2)17-10-6-4-7-11-17)22(25)21(18)29(26,27)19-12-8-5-9-13-19/h4-13,16,18,21H,3,14-15H2,1-2H3/t16-,18-,21+/m1/s1. The minimum absolute atomic E-state index is 0.0847. The van der Waals surface area contributed by atoms with E-state index in [0.29, 0.717) is 0 Å². The van der Waals surface area contributed by atoms with Crippen molar-refractivity contribution in [3.63, 3.8) is 0 Å². The van der Waals surface area contributed by atoms with Gasteiger partial charge in [-0.2, -0.15) is 0 Å². The number of hydrogen-bond acceptors (Lipinski definition) is 5. The number of carbonyl (C=O) groups is 2. The maximum Gasteiger partial charge on any atom is 0.306 e. The zero-order valence-corrected chi connectivity index (χ0v) is 17.3. The van der Waals surface area contributed by atoms with Gasteiger partial charge in [0.05, 0.1) is 24.0 Å². The van der Waals surface area contributed by atoms with E-state index in [0.717, 1.165) is 5.56 Å². The van der Waals surface area contributed by atoms with Crippen molar-refractivity contribution in [2.45, 2.75) is 36.5 Å². The van der Waals surface area contributed by atoms with E-state index in [1.54, 1.807) is 30.0 Å². The molecule has 3 rings (SSSR count). The van der Waals surface area contributed by atoms with E-state index >= 15 is 0 Å². The molecule has 2 aromatic rings. The third-order valence-corrected chi connectivity index (χ3v) is 7.46. The summed E-state index contributed by atoms with van der Waals surface area (Å²) in [7, 11) is -3.95. The van der Waals surface area contributed by atoms with Gasteiger partial charge in [0.15, 0.2) is 9.84 Å². The Balaban J connectivity index is 1.96. The fraction of sp³-hybridized carbons (Fsp3) is 0.364. The Morgan fingerprint density at radius 3 is 2.28 bits per heavy atom. The van der Waals surface area contributed by atoms with Gasteiger partial charge in [-0.25, -0.2) is 8.42 Å². The number of nitrogens with zero attached hydrogens (tertiary/aromatic N) is 1. The maximum atomic E-state index is 13.3. The van der Waals surface area contributed by atoms with Crippen molar-refractivity contribution in [3.8, 4) is 0 Å². The highest BCUT2D eigenvalue weighted by Crippen LogP contribution is 2.36. The van der Waals surface area contributed by atoms with Crippen LogP contribution in [0.15, 0.2) is 65.6 Å². The molecular formula is C22H25NO5S. The van der Waals surface area contributed by atoms with Crippen LogP contribution in [-0.2, 0) is 24.2 Å². The summed E-state index contributed by atoms with van der Waals surface area (Å²) in [4.78, 5) is 27.0. The molecule has 29 heavy (non-hydrogen) atoms. The third-order valence-electron chi connectivity index (χ3n) is 5.28. The predicted octanol–water partition coefficient (Wildman–Crippen LogP) is 3.00. The first-order valence-electron chi connectivity index (χ1n) is 9.66. The van der Waals surface area contributed by atoms with E-state index in [2.05, 4.69) is 0 Å². The number of amides is 1. The molecule has 2 aromatic carbocycles. The fourth-order valence-electron chi connectivity index (χ4n) is 3.81. The Morgan fingerprint density at radius 2 is 1.69 bits per heavy atom. The SMILES string of the molecule is CCOC(=O)C[C@@H]1CN([C@H](C)c2ccccc2)C(=O)[C@H]1S(=O)(=O)c1ccccc1. The average molecular weight is 416 g/mol. The van der Waals surface area contributed by atoms with Crippen LogP contribution in [0.5, 0.6) is 0 Å². The van der Waals surface area contributed by atoms with Gasteiger partial charge in [-0.05, 0) is 31.5 Å².